The number of Topliss-reactive ketones (excluding diaryl/α,β-unsaturated/α-hetero) is 1. The molecule has 118 valence electrons. The van der Waals surface area contributed by atoms with E-state index in [1.54, 1.807) is 54.6 Å². The molecule has 0 aliphatic carbocycles. The predicted octanol–water partition coefficient (Wildman–Crippen LogP) is 2.44. The molecule has 0 aliphatic heterocycles. The molecule has 5 heteroatoms. The molecule has 0 N–H and O–H groups in total. The molecule has 23 heavy (non-hydrogen) atoms. The maximum Gasteiger partial charge on any atom is 0.338 e. The van der Waals surface area contributed by atoms with Crippen LogP contribution in [0.4, 0.5) is 0 Å². The van der Waals surface area contributed by atoms with Crippen LogP contribution in [-0.4, -0.2) is 31.4 Å². The van der Waals surface area contributed by atoms with E-state index < -0.39 is 11.9 Å². The fourth-order valence-corrected chi connectivity index (χ4v) is 2.02. The lowest BCUT2D eigenvalue weighted by Gasteiger charge is -2.08. The molecule has 0 heterocycles. The van der Waals surface area contributed by atoms with E-state index in [0.29, 0.717) is 11.1 Å². The van der Waals surface area contributed by atoms with E-state index >= 15 is 0 Å². The summed E-state index contributed by atoms with van der Waals surface area (Å²) in [5, 5.41) is 0. The number of hydrogen-bond acceptors (Lipinski definition) is 5. The van der Waals surface area contributed by atoms with Gasteiger partial charge in [0.05, 0.1) is 19.1 Å². The van der Waals surface area contributed by atoms with Crippen molar-refractivity contribution >= 4 is 17.7 Å². The molecule has 2 rings (SSSR count). The summed E-state index contributed by atoms with van der Waals surface area (Å²) in [4.78, 5) is 35.5. The van der Waals surface area contributed by atoms with Crippen LogP contribution in [0.3, 0.4) is 0 Å². The smallest absolute Gasteiger partial charge is 0.338 e. The van der Waals surface area contributed by atoms with Crippen LogP contribution < -0.4 is 0 Å². The third kappa shape index (κ3) is 4.51. The second-order valence-corrected chi connectivity index (χ2v) is 4.78. The Kier molecular flexibility index (Phi) is 5.63. The van der Waals surface area contributed by atoms with Crippen molar-refractivity contribution in [1.82, 2.24) is 0 Å². The molecule has 0 atom stereocenters. The lowest BCUT2D eigenvalue weighted by Crippen LogP contribution is -2.16. The summed E-state index contributed by atoms with van der Waals surface area (Å²) in [6.07, 6.45) is -0.0333. The highest BCUT2D eigenvalue weighted by Gasteiger charge is 2.16. The molecule has 5 nitrogen and oxygen atoms in total. The largest absolute Gasteiger partial charge is 0.469 e. The van der Waals surface area contributed by atoms with Gasteiger partial charge in [-0.2, -0.15) is 0 Å². The third-order valence-corrected chi connectivity index (χ3v) is 3.23. The van der Waals surface area contributed by atoms with E-state index in [0.717, 1.165) is 0 Å². The molecule has 0 amide bonds. The Hall–Kier alpha value is -2.95. The zero-order valence-electron chi connectivity index (χ0n) is 12.7. The highest BCUT2D eigenvalue weighted by Crippen LogP contribution is 2.12. The van der Waals surface area contributed by atoms with Gasteiger partial charge in [0.25, 0.3) is 0 Å². The second kappa shape index (κ2) is 7.89. The van der Waals surface area contributed by atoms with Gasteiger partial charge < -0.3 is 9.47 Å². The topological polar surface area (TPSA) is 69.7 Å². The molecule has 0 saturated carbocycles. The number of carbonyl (C=O) groups is 3. The van der Waals surface area contributed by atoms with Crippen LogP contribution in [-0.2, 0) is 20.7 Å². The van der Waals surface area contributed by atoms with Gasteiger partial charge in [0, 0.05) is 5.56 Å². The zero-order valence-corrected chi connectivity index (χ0v) is 12.7. The molecule has 0 spiro atoms. The van der Waals surface area contributed by atoms with Crippen molar-refractivity contribution in [3.8, 4) is 0 Å². The third-order valence-electron chi connectivity index (χ3n) is 3.23. The van der Waals surface area contributed by atoms with E-state index in [1.807, 2.05) is 0 Å². The summed E-state index contributed by atoms with van der Waals surface area (Å²) in [6.45, 7) is -0.352. The van der Waals surface area contributed by atoms with Crippen LogP contribution in [0, 0.1) is 0 Å². The molecule has 0 aromatic heterocycles. The lowest BCUT2D eigenvalue weighted by atomic mass is 10.0. The van der Waals surface area contributed by atoms with E-state index in [-0.39, 0.29) is 24.4 Å². The minimum absolute atomic E-state index is 0.0333. The van der Waals surface area contributed by atoms with Gasteiger partial charge in [0.1, 0.15) is 0 Å². The minimum Gasteiger partial charge on any atom is -0.469 e. The molecule has 0 radical (unpaired) electrons. The molecule has 0 saturated heterocycles. The van der Waals surface area contributed by atoms with Crippen molar-refractivity contribution in [2.45, 2.75) is 6.42 Å². The monoisotopic (exact) mass is 312 g/mol. The van der Waals surface area contributed by atoms with Gasteiger partial charge in [-0.05, 0) is 11.6 Å². The Morgan fingerprint density at radius 2 is 1.57 bits per heavy atom. The summed E-state index contributed by atoms with van der Waals surface area (Å²) < 4.78 is 9.66. The van der Waals surface area contributed by atoms with Gasteiger partial charge in [-0.3, -0.25) is 9.59 Å². The molecular formula is C18H16O5. The van der Waals surface area contributed by atoms with Crippen LogP contribution in [0.1, 0.15) is 26.3 Å². The average Bonchev–Trinajstić information content (AvgIpc) is 2.60. The summed E-state index contributed by atoms with van der Waals surface area (Å²) in [5.41, 5.74) is 1.22. The second-order valence-electron chi connectivity index (χ2n) is 4.78. The summed E-state index contributed by atoms with van der Waals surface area (Å²) >= 11 is 0. The highest BCUT2D eigenvalue weighted by molar-refractivity contribution is 5.99. The van der Waals surface area contributed by atoms with Crippen molar-refractivity contribution in [1.29, 1.82) is 0 Å². The maximum atomic E-state index is 12.1. The first kappa shape index (κ1) is 16.4. The number of rotatable bonds is 6. The fraction of sp³-hybridized carbons (Fsp3) is 0.167. The van der Waals surface area contributed by atoms with Crippen molar-refractivity contribution in [2.75, 3.05) is 13.7 Å². The van der Waals surface area contributed by atoms with Gasteiger partial charge >= 0.3 is 11.9 Å². The van der Waals surface area contributed by atoms with Gasteiger partial charge in [0.15, 0.2) is 12.4 Å². The van der Waals surface area contributed by atoms with Crippen LogP contribution in [0.15, 0.2) is 54.6 Å². The maximum absolute atomic E-state index is 12.1. The summed E-state index contributed by atoms with van der Waals surface area (Å²) in [6, 6.07) is 15.1. The normalized spacial score (nSPS) is 9.96. The Morgan fingerprint density at radius 3 is 2.26 bits per heavy atom. The number of methoxy groups -OCH3 is 1. The Bertz CT molecular complexity index is 706. The van der Waals surface area contributed by atoms with Crippen molar-refractivity contribution in [2.24, 2.45) is 0 Å². The highest BCUT2D eigenvalue weighted by atomic mass is 16.5. The van der Waals surface area contributed by atoms with E-state index in [2.05, 4.69) is 4.74 Å². The number of carbonyl (C=O) groups excluding carboxylic acids is 3. The van der Waals surface area contributed by atoms with Crippen molar-refractivity contribution < 1.29 is 23.9 Å². The van der Waals surface area contributed by atoms with Crippen molar-refractivity contribution in [3.63, 3.8) is 0 Å². The average molecular weight is 312 g/mol. The molecule has 0 unspecified atom stereocenters. The zero-order chi connectivity index (χ0) is 16.7. The summed E-state index contributed by atoms with van der Waals surface area (Å²) in [7, 11) is 1.28. The molecule has 2 aromatic carbocycles. The van der Waals surface area contributed by atoms with Gasteiger partial charge in [-0.15, -0.1) is 0 Å². The number of benzene rings is 2. The molecular weight excluding hydrogens is 296 g/mol. The van der Waals surface area contributed by atoms with Crippen LogP contribution in [0.25, 0.3) is 0 Å². The SMILES string of the molecule is COC(=O)Cc1ccccc1C(=O)OCC(=O)c1ccccc1. The van der Waals surface area contributed by atoms with E-state index in [1.165, 1.54) is 7.11 Å². The Morgan fingerprint density at radius 1 is 0.913 bits per heavy atom. The van der Waals surface area contributed by atoms with Gasteiger partial charge in [0.2, 0.25) is 0 Å². The van der Waals surface area contributed by atoms with Crippen LogP contribution in [0.2, 0.25) is 0 Å². The Labute approximate surface area is 133 Å². The standard InChI is InChI=1S/C18H16O5/c1-22-17(20)11-14-9-5-6-10-15(14)18(21)23-12-16(19)13-7-3-2-4-8-13/h2-10H,11-12H2,1H3. The van der Waals surface area contributed by atoms with Crippen LogP contribution in [0.5, 0.6) is 0 Å². The first-order chi connectivity index (χ1) is 11.1. The van der Waals surface area contributed by atoms with E-state index in [4.69, 9.17) is 4.74 Å². The number of ether oxygens (including phenoxy) is 2. The number of hydrogen-bond donors (Lipinski definition) is 0. The first-order valence-electron chi connectivity index (χ1n) is 7.02. The number of esters is 2. The fourth-order valence-electron chi connectivity index (χ4n) is 2.02. The van der Waals surface area contributed by atoms with Crippen molar-refractivity contribution in [3.05, 3.63) is 71.3 Å². The quantitative estimate of drug-likeness (QED) is 0.605. The summed E-state index contributed by atoms with van der Waals surface area (Å²) in [5.74, 6) is -1.39. The molecule has 0 bridgehead atoms. The molecule has 0 aliphatic rings. The van der Waals surface area contributed by atoms with Gasteiger partial charge in [-0.1, -0.05) is 48.5 Å². The number of ketones is 1. The lowest BCUT2D eigenvalue weighted by molar-refractivity contribution is -0.139. The van der Waals surface area contributed by atoms with E-state index in [9.17, 15) is 14.4 Å². The predicted molar refractivity (Wildman–Crippen MR) is 83.2 cm³/mol. The van der Waals surface area contributed by atoms with Crippen LogP contribution >= 0.6 is 0 Å². The minimum atomic E-state index is -0.645. The first-order valence-corrected chi connectivity index (χ1v) is 7.02. The molecule has 2 aromatic rings. The molecule has 0 fully saturated rings. The Balaban J connectivity index is 2.04. The van der Waals surface area contributed by atoms with Gasteiger partial charge in [-0.25, -0.2) is 4.79 Å².